The molecule has 1 atom stereocenters. The van der Waals surface area contributed by atoms with Crippen LogP contribution in [0.3, 0.4) is 0 Å². The van der Waals surface area contributed by atoms with Gasteiger partial charge in [0, 0.05) is 14.1 Å². The van der Waals surface area contributed by atoms with Crippen LogP contribution in [-0.2, 0) is 9.59 Å². The van der Waals surface area contributed by atoms with Crippen molar-refractivity contribution in [2.24, 2.45) is 0 Å². The summed E-state index contributed by atoms with van der Waals surface area (Å²) < 4.78 is 0. The van der Waals surface area contributed by atoms with Crippen LogP contribution in [0.1, 0.15) is 13.3 Å². The van der Waals surface area contributed by atoms with Crippen molar-refractivity contribution >= 4 is 17.9 Å². The number of aliphatic carboxylic acids is 1. The van der Waals surface area contributed by atoms with Crippen molar-refractivity contribution in [3.05, 3.63) is 0 Å². The predicted octanol–water partition coefficient (Wildman–Crippen LogP) is -0.763. The van der Waals surface area contributed by atoms with E-state index < -0.39 is 18.0 Å². The first-order valence-corrected chi connectivity index (χ1v) is 4.85. The summed E-state index contributed by atoms with van der Waals surface area (Å²) in [5, 5.41) is 13.2. The lowest BCUT2D eigenvalue weighted by Crippen LogP contribution is -2.48. The molecule has 0 aromatic rings. The Morgan fingerprint density at radius 1 is 1.31 bits per heavy atom. The van der Waals surface area contributed by atoms with Crippen molar-refractivity contribution in [3.8, 4) is 0 Å². The number of nitrogens with zero attached hydrogens (tertiary/aromatic N) is 1. The molecule has 0 radical (unpaired) electrons. The summed E-state index contributed by atoms with van der Waals surface area (Å²) in [6.45, 7) is 1.49. The molecule has 7 nitrogen and oxygen atoms in total. The summed E-state index contributed by atoms with van der Waals surface area (Å²) in [4.78, 5) is 34.2. The number of carboxylic acids is 1. The third kappa shape index (κ3) is 5.18. The van der Waals surface area contributed by atoms with Gasteiger partial charge in [-0.2, -0.15) is 0 Å². The molecule has 0 rings (SSSR count). The number of carbonyl (C=O) groups excluding carboxylic acids is 2. The number of urea groups is 1. The highest BCUT2D eigenvalue weighted by Gasteiger charge is 2.17. The zero-order valence-corrected chi connectivity index (χ0v) is 9.61. The van der Waals surface area contributed by atoms with Crippen LogP contribution < -0.4 is 10.6 Å². The summed E-state index contributed by atoms with van der Waals surface area (Å²) in [6, 6.07) is -1.60. The average molecular weight is 231 g/mol. The standard InChI is InChI=1S/C9H17N3O4/c1-4-6(8(14)15)11-9(16)10-5-7(13)12(2)3/h6H,4-5H2,1-3H3,(H,14,15)(H2,10,11,16)/t6-/m0/s1. The quantitative estimate of drug-likeness (QED) is 0.579. The molecule has 0 aromatic heterocycles. The highest BCUT2D eigenvalue weighted by Crippen LogP contribution is 1.90. The van der Waals surface area contributed by atoms with Gasteiger partial charge in [0.1, 0.15) is 6.04 Å². The average Bonchev–Trinajstić information content (AvgIpc) is 2.21. The monoisotopic (exact) mass is 231 g/mol. The molecule has 0 saturated carbocycles. The fourth-order valence-corrected chi connectivity index (χ4v) is 0.862. The SMILES string of the molecule is CC[C@H](NC(=O)NCC(=O)N(C)C)C(=O)O. The highest BCUT2D eigenvalue weighted by molar-refractivity contribution is 5.86. The molecule has 0 aromatic carbocycles. The van der Waals surface area contributed by atoms with Gasteiger partial charge in [0.2, 0.25) is 5.91 Å². The first-order valence-electron chi connectivity index (χ1n) is 4.85. The Hall–Kier alpha value is -1.79. The fourth-order valence-electron chi connectivity index (χ4n) is 0.862. The van der Waals surface area contributed by atoms with Crippen molar-refractivity contribution in [2.75, 3.05) is 20.6 Å². The van der Waals surface area contributed by atoms with Gasteiger partial charge in [-0.3, -0.25) is 4.79 Å². The summed E-state index contributed by atoms with van der Waals surface area (Å²) in [6.07, 6.45) is 0.282. The van der Waals surface area contributed by atoms with Gasteiger partial charge in [-0.1, -0.05) is 6.92 Å². The molecule has 0 aliphatic heterocycles. The molecular formula is C9H17N3O4. The molecule has 3 amide bonds. The third-order valence-corrected chi connectivity index (χ3v) is 1.91. The van der Waals surface area contributed by atoms with E-state index in [9.17, 15) is 14.4 Å². The number of nitrogens with one attached hydrogen (secondary N) is 2. The minimum absolute atomic E-state index is 0.158. The van der Waals surface area contributed by atoms with Crippen molar-refractivity contribution in [2.45, 2.75) is 19.4 Å². The number of carbonyl (C=O) groups is 3. The summed E-state index contributed by atoms with van der Waals surface area (Å²) in [5.74, 6) is -1.37. The first kappa shape index (κ1) is 14.2. The zero-order chi connectivity index (χ0) is 12.7. The topological polar surface area (TPSA) is 98.7 Å². The van der Waals surface area contributed by atoms with Crippen LogP contribution in [-0.4, -0.2) is 54.6 Å². The van der Waals surface area contributed by atoms with Gasteiger partial charge in [-0.15, -0.1) is 0 Å². The van der Waals surface area contributed by atoms with E-state index in [0.29, 0.717) is 0 Å². The Morgan fingerprint density at radius 3 is 2.25 bits per heavy atom. The van der Waals surface area contributed by atoms with Crippen LogP contribution in [0.4, 0.5) is 4.79 Å². The van der Waals surface area contributed by atoms with E-state index in [4.69, 9.17) is 5.11 Å². The lowest BCUT2D eigenvalue weighted by molar-refractivity contribution is -0.139. The second-order valence-electron chi connectivity index (χ2n) is 3.41. The Bertz CT molecular complexity index is 278. The molecule has 92 valence electrons. The smallest absolute Gasteiger partial charge is 0.326 e. The molecule has 0 heterocycles. The molecule has 16 heavy (non-hydrogen) atoms. The Morgan fingerprint density at radius 2 is 1.88 bits per heavy atom. The maximum absolute atomic E-state index is 11.2. The van der Waals surface area contributed by atoms with Crippen LogP contribution >= 0.6 is 0 Å². The second-order valence-corrected chi connectivity index (χ2v) is 3.41. The molecular weight excluding hydrogens is 214 g/mol. The molecule has 3 N–H and O–H groups in total. The summed E-state index contributed by atoms with van der Waals surface area (Å²) >= 11 is 0. The van der Waals surface area contributed by atoms with Crippen LogP contribution in [0.25, 0.3) is 0 Å². The maximum Gasteiger partial charge on any atom is 0.326 e. The van der Waals surface area contributed by atoms with Crippen LogP contribution in [0, 0.1) is 0 Å². The lowest BCUT2D eigenvalue weighted by Gasteiger charge is -2.14. The minimum Gasteiger partial charge on any atom is -0.480 e. The van der Waals surface area contributed by atoms with Gasteiger partial charge in [-0.05, 0) is 6.42 Å². The van der Waals surface area contributed by atoms with E-state index in [-0.39, 0.29) is 18.9 Å². The van der Waals surface area contributed by atoms with Gasteiger partial charge >= 0.3 is 12.0 Å². The molecule has 7 heteroatoms. The molecule has 0 aliphatic carbocycles. The molecule has 0 fully saturated rings. The van der Waals surface area contributed by atoms with E-state index in [2.05, 4.69) is 10.6 Å². The van der Waals surface area contributed by atoms with Gasteiger partial charge in [0.15, 0.2) is 0 Å². The Balaban J connectivity index is 3.99. The van der Waals surface area contributed by atoms with Gasteiger partial charge in [-0.25, -0.2) is 9.59 Å². The molecule has 0 bridgehead atoms. The van der Waals surface area contributed by atoms with E-state index in [0.717, 1.165) is 0 Å². The van der Waals surface area contributed by atoms with Crippen LogP contribution in [0.2, 0.25) is 0 Å². The number of carboxylic acid groups (broad SMARTS) is 1. The lowest BCUT2D eigenvalue weighted by atomic mass is 10.2. The van der Waals surface area contributed by atoms with Crippen LogP contribution in [0.5, 0.6) is 0 Å². The Kier molecular flexibility index (Phi) is 5.91. The van der Waals surface area contributed by atoms with E-state index >= 15 is 0 Å². The molecule has 0 saturated heterocycles. The zero-order valence-electron chi connectivity index (χ0n) is 9.61. The third-order valence-electron chi connectivity index (χ3n) is 1.91. The minimum atomic E-state index is -1.10. The first-order chi connectivity index (χ1) is 7.38. The number of likely N-dealkylation sites (N-methyl/N-ethyl adjacent to an activating group) is 1. The van der Waals surface area contributed by atoms with Crippen molar-refractivity contribution in [3.63, 3.8) is 0 Å². The van der Waals surface area contributed by atoms with E-state index in [1.54, 1.807) is 21.0 Å². The van der Waals surface area contributed by atoms with Crippen molar-refractivity contribution in [1.29, 1.82) is 0 Å². The fraction of sp³-hybridized carbons (Fsp3) is 0.667. The largest absolute Gasteiger partial charge is 0.480 e. The number of amides is 3. The van der Waals surface area contributed by atoms with E-state index in [1.807, 2.05) is 0 Å². The summed E-state index contributed by atoms with van der Waals surface area (Å²) in [5.41, 5.74) is 0. The molecule has 0 spiro atoms. The van der Waals surface area contributed by atoms with Gasteiger partial charge in [0.05, 0.1) is 6.54 Å². The molecule has 0 aliphatic rings. The number of rotatable bonds is 5. The Labute approximate surface area is 93.8 Å². The second kappa shape index (κ2) is 6.65. The van der Waals surface area contributed by atoms with Crippen LogP contribution in [0.15, 0.2) is 0 Å². The van der Waals surface area contributed by atoms with E-state index in [1.165, 1.54) is 4.90 Å². The van der Waals surface area contributed by atoms with Crippen molar-refractivity contribution < 1.29 is 19.5 Å². The predicted molar refractivity (Wildman–Crippen MR) is 56.9 cm³/mol. The maximum atomic E-state index is 11.2. The summed E-state index contributed by atoms with van der Waals surface area (Å²) in [7, 11) is 3.13. The highest BCUT2D eigenvalue weighted by atomic mass is 16.4. The normalized spacial score (nSPS) is 11.4. The van der Waals surface area contributed by atoms with Gasteiger partial charge < -0.3 is 20.6 Å². The van der Waals surface area contributed by atoms with Crippen molar-refractivity contribution in [1.82, 2.24) is 15.5 Å². The number of hydrogen-bond acceptors (Lipinski definition) is 3. The van der Waals surface area contributed by atoms with Gasteiger partial charge in [0.25, 0.3) is 0 Å². The molecule has 0 unspecified atom stereocenters. The number of hydrogen-bond donors (Lipinski definition) is 3.